The van der Waals surface area contributed by atoms with Gasteiger partial charge in [0.05, 0.1) is 4.90 Å². The Morgan fingerprint density at radius 3 is 2.85 bits per heavy atom. The maximum absolute atomic E-state index is 12.9. The van der Waals surface area contributed by atoms with Crippen molar-refractivity contribution in [2.45, 2.75) is 31.1 Å². The molecule has 2 atom stereocenters. The fourth-order valence-corrected chi connectivity index (χ4v) is 4.49. The fraction of sp³-hybridized carbons (Fsp3) is 0.412. The van der Waals surface area contributed by atoms with Crippen molar-refractivity contribution < 1.29 is 4.21 Å². The van der Waals surface area contributed by atoms with E-state index in [2.05, 4.69) is 29.4 Å². The van der Waals surface area contributed by atoms with Crippen molar-refractivity contribution in [2.24, 2.45) is 5.92 Å². The fourth-order valence-electron chi connectivity index (χ4n) is 3.00. The monoisotopic (exact) mass is 287 g/mol. The molecule has 2 nitrogen and oxygen atoms in total. The van der Waals surface area contributed by atoms with E-state index >= 15 is 0 Å². The summed E-state index contributed by atoms with van der Waals surface area (Å²) in [5, 5.41) is 2.29. The molecule has 1 fully saturated rings. The highest BCUT2D eigenvalue weighted by atomic mass is 32.2. The zero-order chi connectivity index (χ0) is 13.9. The van der Waals surface area contributed by atoms with Crippen LogP contribution in [0.15, 0.2) is 47.4 Å². The molecule has 1 aliphatic rings. The molecule has 1 saturated heterocycles. The summed E-state index contributed by atoms with van der Waals surface area (Å²) in [5.41, 5.74) is 0. The Morgan fingerprint density at radius 2 is 2.00 bits per heavy atom. The minimum atomic E-state index is -1.03. The van der Waals surface area contributed by atoms with Crippen LogP contribution in [0.1, 0.15) is 26.2 Å². The Bertz CT molecular complexity index is 620. The maximum atomic E-state index is 12.9. The highest BCUT2D eigenvalue weighted by Crippen LogP contribution is 2.27. The number of nitrogens with zero attached hydrogens (tertiary/aromatic N) is 1. The molecule has 106 valence electrons. The molecule has 0 aliphatic carbocycles. The predicted octanol–water partition coefficient (Wildman–Crippen LogP) is 3.98. The molecule has 0 aromatic heterocycles. The molecule has 3 heteroatoms. The van der Waals surface area contributed by atoms with Crippen LogP contribution >= 0.6 is 0 Å². The molecule has 2 aromatic carbocycles. The molecule has 0 amide bonds. The average Bonchev–Trinajstić information content (AvgIpc) is 2.53. The van der Waals surface area contributed by atoms with Gasteiger partial charge in [0.1, 0.15) is 11.0 Å². The van der Waals surface area contributed by atoms with Gasteiger partial charge in [0, 0.05) is 13.1 Å². The number of benzene rings is 2. The second-order valence-electron chi connectivity index (χ2n) is 5.53. The van der Waals surface area contributed by atoms with Gasteiger partial charge in [-0.2, -0.15) is 0 Å². The zero-order valence-corrected chi connectivity index (χ0v) is 12.7. The number of rotatable bonds is 3. The van der Waals surface area contributed by atoms with Gasteiger partial charge in [-0.05, 0) is 35.6 Å². The molecular formula is C17H21NOS. The first-order valence-electron chi connectivity index (χ1n) is 7.44. The molecule has 0 N–H and O–H groups in total. The van der Waals surface area contributed by atoms with E-state index in [4.69, 9.17) is 0 Å². The Labute approximate surface area is 123 Å². The van der Waals surface area contributed by atoms with Crippen LogP contribution in [0.5, 0.6) is 0 Å². The molecule has 2 unspecified atom stereocenters. The Morgan fingerprint density at radius 1 is 1.20 bits per heavy atom. The molecule has 2 aromatic rings. The molecule has 1 aliphatic heterocycles. The molecule has 20 heavy (non-hydrogen) atoms. The van der Waals surface area contributed by atoms with Gasteiger partial charge in [-0.3, -0.25) is 0 Å². The molecular weight excluding hydrogens is 266 g/mol. The van der Waals surface area contributed by atoms with E-state index in [1.54, 1.807) is 0 Å². The Balaban J connectivity index is 1.92. The Hall–Kier alpha value is -1.19. The van der Waals surface area contributed by atoms with Crippen LogP contribution in [0.2, 0.25) is 0 Å². The average molecular weight is 287 g/mol. The van der Waals surface area contributed by atoms with E-state index in [9.17, 15) is 4.21 Å². The first-order chi connectivity index (χ1) is 9.79. The van der Waals surface area contributed by atoms with Crippen LogP contribution in [0, 0.1) is 5.92 Å². The summed E-state index contributed by atoms with van der Waals surface area (Å²) in [6.07, 6.45) is 3.62. The summed E-state index contributed by atoms with van der Waals surface area (Å²) in [5.74, 6) is 0.697. The molecule has 0 radical (unpaired) electrons. The van der Waals surface area contributed by atoms with Crippen molar-refractivity contribution in [3.63, 3.8) is 0 Å². The summed E-state index contributed by atoms with van der Waals surface area (Å²) < 4.78 is 15.1. The van der Waals surface area contributed by atoms with Crippen LogP contribution in [0.4, 0.5) is 0 Å². The quantitative estimate of drug-likeness (QED) is 0.836. The third kappa shape index (κ3) is 2.65. The predicted molar refractivity (Wildman–Crippen MR) is 84.9 cm³/mol. The van der Waals surface area contributed by atoms with Crippen molar-refractivity contribution in [2.75, 3.05) is 13.1 Å². The van der Waals surface area contributed by atoms with Gasteiger partial charge < -0.3 is 0 Å². The first kappa shape index (κ1) is 13.8. The van der Waals surface area contributed by atoms with Crippen LogP contribution < -0.4 is 0 Å². The van der Waals surface area contributed by atoms with Gasteiger partial charge in [-0.1, -0.05) is 49.7 Å². The van der Waals surface area contributed by atoms with Crippen LogP contribution in [0.25, 0.3) is 10.8 Å². The lowest BCUT2D eigenvalue weighted by Gasteiger charge is -2.31. The Kier molecular flexibility index (Phi) is 4.18. The van der Waals surface area contributed by atoms with E-state index in [1.165, 1.54) is 18.2 Å². The minimum absolute atomic E-state index is 0.697. The van der Waals surface area contributed by atoms with Crippen molar-refractivity contribution in [3.8, 4) is 0 Å². The summed E-state index contributed by atoms with van der Waals surface area (Å²) in [6.45, 7) is 4.15. The second-order valence-corrected chi connectivity index (χ2v) is 6.99. The third-order valence-corrected chi connectivity index (χ3v) is 5.76. The smallest absolute Gasteiger partial charge is 0.128 e. The number of hydrogen-bond donors (Lipinski definition) is 0. The van der Waals surface area contributed by atoms with Crippen LogP contribution in [-0.4, -0.2) is 21.6 Å². The first-order valence-corrected chi connectivity index (χ1v) is 8.55. The highest BCUT2D eigenvalue weighted by Gasteiger charge is 2.24. The number of hydrogen-bond acceptors (Lipinski definition) is 1. The van der Waals surface area contributed by atoms with E-state index < -0.39 is 11.0 Å². The van der Waals surface area contributed by atoms with E-state index in [-0.39, 0.29) is 0 Å². The van der Waals surface area contributed by atoms with Gasteiger partial charge in [0.2, 0.25) is 0 Å². The summed E-state index contributed by atoms with van der Waals surface area (Å²) in [6, 6.07) is 14.3. The standard InChI is InChI=1S/C17H21NOS/c1-2-14-7-6-12-18(13-14)20(19)17-11-5-9-15-8-3-4-10-16(15)17/h3-5,8-11,14H,2,6-7,12-13H2,1H3. The van der Waals surface area contributed by atoms with Crippen molar-refractivity contribution >= 4 is 21.8 Å². The molecule has 3 rings (SSSR count). The zero-order valence-electron chi connectivity index (χ0n) is 11.9. The van der Waals surface area contributed by atoms with Gasteiger partial charge in [0.25, 0.3) is 0 Å². The van der Waals surface area contributed by atoms with E-state index in [1.807, 2.05) is 24.3 Å². The molecule has 0 saturated carbocycles. The SMILES string of the molecule is CCC1CCCN(S(=O)c2cccc3ccccc23)C1. The summed E-state index contributed by atoms with van der Waals surface area (Å²) >= 11 is 0. The van der Waals surface area contributed by atoms with Gasteiger partial charge in [-0.25, -0.2) is 8.51 Å². The van der Waals surface area contributed by atoms with Crippen molar-refractivity contribution in [3.05, 3.63) is 42.5 Å². The topological polar surface area (TPSA) is 20.3 Å². The normalized spacial score (nSPS) is 21.9. The number of fused-ring (bicyclic) bond motifs is 1. The highest BCUT2D eigenvalue weighted by molar-refractivity contribution is 7.83. The minimum Gasteiger partial charge on any atom is -0.237 e. The van der Waals surface area contributed by atoms with E-state index in [0.717, 1.165) is 29.8 Å². The van der Waals surface area contributed by atoms with E-state index in [0.29, 0.717) is 5.92 Å². The van der Waals surface area contributed by atoms with Gasteiger partial charge >= 0.3 is 0 Å². The van der Waals surface area contributed by atoms with Crippen LogP contribution in [0.3, 0.4) is 0 Å². The molecule has 0 bridgehead atoms. The lowest BCUT2D eigenvalue weighted by atomic mass is 9.97. The van der Waals surface area contributed by atoms with Crippen LogP contribution in [-0.2, 0) is 11.0 Å². The lowest BCUT2D eigenvalue weighted by Crippen LogP contribution is -2.36. The third-order valence-electron chi connectivity index (χ3n) is 4.23. The maximum Gasteiger partial charge on any atom is 0.128 e. The lowest BCUT2D eigenvalue weighted by molar-refractivity contribution is 0.271. The molecule has 1 heterocycles. The summed E-state index contributed by atoms with van der Waals surface area (Å²) in [7, 11) is -1.03. The second kappa shape index (κ2) is 6.06. The van der Waals surface area contributed by atoms with Gasteiger partial charge in [0.15, 0.2) is 0 Å². The largest absolute Gasteiger partial charge is 0.237 e. The van der Waals surface area contributed by atoms with Gasteiger partial charge in [-0.15, -0.1) is 0 Å². The van der Waals surface area contributed by atoms with Crippen molar-refractivity contribution in [1.82, 2.24) is 4.31 Å². The summed E-state index contributed by atoms with van der Waals surface area (Å²) in [4.78, 5) is 0.958. The van der Waals surface area contributed by atoms with Crippen molar-refractivity contribution in [1.29, 1.82) is 0 Å². The number of piperidine rings is 1. The molecule has 0 spiro atoms.